The third kappa shape index (κ3) is 4.17. The number of halogens is 3. The van der Waals surface area contributed by atoms with E-state index in [2.05, 4.69) is 4.99 Å². The highest BCUT2D eigenvalue weighted by Crippen LogP contribution is 2.46. The van der Waals surface area contributed by atoms with Crippen LogP contribution < -0.4 is 5.73 Å². The van der Waals surface area contributed by atoms with E-state index in [4.69, 9.17) is 14.9 Å². The molecule has 0 fully saturated rings. The molecule has 0 amide bonds. The topological polar surface area (TPSA) is 105 Å². The van der Waals surface area contributed by atoms with Gasteiger partial charge in [-0.15, -0.1) is 0 Å². The lowest BCUT2D eigenvalue weighted by molar-refractivity contribution is -0.143. The van der Waals surface area contributed by atoms with Crippen molar-refractivity contribution in [2.45, 2.75) is 39.1 Å². The minimum absolute atomic E-state index is 0.0932. The van der Waals surface area contributed by atoms with Crippen LogP contribution in [-0.2, 0) is 15.7 Å². The highest BCUT2D eigenvalue weighted by atomic mass is 32.2. The van der Waals surface area contributed by atoms with Gasteiger partial charge in [0, 0.05) is 5.56 Å². The number of nitrogens with two attached hydrogens (primary N) is 1. The number of fused-ring (bicyclic) bond motifs is 1. The van der Waals surface area contributed by atoms with Gasteiger partial charge in [-0.25, -0.2) is 9.79 Å². The van der Waals surface area contributed by atoms with E-state index >= 15 is 0 Å². The lowest BCUT2D eigenvalue weighted by Crippen LogP contribution is -2.38. The van der Waals surface area contributed by atoms with E-state index in [1.807, 2.05) is 6.07 Å². The molecule has 2 N–H and O–H groups in total. The number of nitriles is 1. The Bertz CT molecular complexity index is 1300. The van der Waals surface area contributed by atoms with Crippen LogP contribution in [0.25, 0.3) is 11.3 Å². The summed E-state index contributed by atoms with van der Waals surface area (Å²) in [5.74, 6) is -0.136. The molecule has 0 spiro atoms. The summed E-state index contributed by atoms with van der Waals surface area (Å²) in [4.78, 5) is 19.1. The molecule has 11 heteroatoms. The van der Waals surface area contributed by atoms with Gasteiger partial charge in [0.15, 0.2) is 5.17 Å². The number of thioether (sulfide) groups is 1. The van der Waals surface area contributed by atoms with Crippen molar-refractivity contribution in [3.05, 3.63) is 69.7 Å². The van der Waals surface area contributed by atoms with E-state index in [1.165, 1.54) is 23.1 Å². The highest BCUT2D eigenvalue weighted by Gasteiger charge is 2.44. The van der Waals surface area contributed by atoms with Crippen molar-refractivity contribution in [2.24, 2.45) is 10.7 Å². The van der Waals surface area contributed by atoms with Gasteiger partial charge < -0.3 is 14.9 Å². The van der Waals surface area contributed by atoms with Crippen LogP contribution in [0.2, 0.25) is 0 Å². The predicted molar refractivity (Wildman–Crippen MR) is 120 cm³/mol. The zero-order valence-electron chi connectivity index (χ0n) is 18.3. The van der Waals surface area contributed by atoms with Crippen LogP contribution in [0.15, 0.2) is 67.8 Å². The van der Waals surface area contributed by atoms with Crippen LogP contribution in [-0.4, -0.2) is 22.1 Å². The largest absolute Gasteiger partial charge is 0.459 e. The fourth-order valence-electron chi connectivity index (χ4n) is 3.65. The Morgan fingerprint density at radius 2 is 2.06 bits per heavy atom. The first-order chi connectivity index (χ1) is 16.0. The van der Waals surface area contributed by atoms with Gasteiger partial charge in [0.2, 0.25) is 0 Å². The van der Waals surface area contributed by atoms with E-state index in [9.17, 15) is 23.2 Å². The Balaban J connectivity index is 1.82. The Morgan fingerprint density at radius 3 is 2.71 bits per heavy atom. The Morgan fingerprint density at radius 1 is 1.32 bits per heavy atom. The second-order valence-corrected chi connectivity index (χ2v) is 8.81. The van der Waals surface area contributed by atoms with Gasteiger partial charge in [0.25, 0.3) is 0 Å². The molecule has 0 radical (unpaired) electrons. The highest BCUT2D eigenvalue weighted by molar-refractivity contribution is 8.17. The Labute approximate surface area is 197 Å². The Hall–Kier alpha value is -3.65. The van der Waals surface area contributed by atoms with Gasteiger partial charge in [-0.1, -0.05) is 12.1 Å². The molecule has 176 valence electrons. The summed E-state index contributed by atoms with van der Waals surface area (Å²) in [5, 5.41) is 9.82. The van der Waals surface area contributed by atoms with Crippen LogP contribution in [0.4, 0.5) is 13.2 Å². The number of allylic oxidation sites excluding steroid dienone is 2. The maximum atomic E-state index is 13.2. The maximum absolute atomic E-state index is 13.2. The standard InChI is InChI=1S/C23H19F3N4O3S/c1-11(2)32-21(31)18-12(3)29-22-30(20(28)17(10-27)34-22)19(18)16-8-7-15(33-16)13-5-4-6-14(9-13)23(24,25)26/h4-9,11,19H,28H2,1-3H3/t19-/m1/s1. The summed E-state index contributed by atoms with van der Waals surface area (Å²) in [6.45, 7) is 5.03. The smallest absolute Gasteiger partial charge is 0.416 e. The third-order valence-corrected chi connectivity index (χ3v) is 6.09. The SMILES string of the molecule is CC1=C(C(=O)OC(C)C)[C@@H](c2ccc(-c3cccc(C(F)(F)F)c3)o2)N2C(=N1)SC(C#N)=C2N. The van der Waals surface area contributed by atoms with Gasteiger partial charge in [0.1, 0.15) is 34.4 Å². The lowest BCUT2D eigenvalue weighted by atomic mass is 9.99. The van der Waals surface area contributed by atoms with Crippen molar-refractivity contribution in [2.75, 3.05) is 0 Å². The van der Waals surface area contributed by atoms with Crippen molar-refractivity contribution < 1.29 is 27.1 Å². The molecule has 1 aromatic heterocycles. The van der Waals surface area contributed by atoms with Crippen molar-refractivity contribution >= 4 is 22.9 Å². The number of hydrogen-bond donors (Lipinski definition) is 1. The van der Waals surface area contributed by atoms with Crippen molar-refractivity contribution in [3.63, 3.8) is 0 Å². The quantitative estimate of drug-likeness (QED) is 0.582. The van der Waals surface area contributed by atoms with Crippen LogP contribution >= 0.6 is 11.8 Å². The predicted octanol–water partition coefficient (Wildman–Crippen LogP) is 5.30. The average molecular weight is 488 g/mol. The summed E-state index contributed by atoms with van der Waals surface area (Å²) in [7, 11) is 0. The summed E-state index contributed by atoms with van der Waals surface area (Å²) in [5.41, 5.74) is 6.13. The number of esters is 1. The molecule has 7 nitrogen and oxygen atoms in total. The number of hydrogen-bond acceptors (Lipinski definition) is 8. The molecule has 2 aromatic rings. The van der Waals surface area contributed by atoms with Gasteiger partial charge >= 0.3 is 12.1 Å². The molecule has 34 heavy (non-hydrogen) atoms. The first-order valence-corrected chi connectivity index (χ1v) is 11.0. The first-order valence-electron chi connectivity index (χ1n) is 10.2. The molecule has 2 aliphatic rings. The molecule has 0 saturated heterocycles. The minimum atomic E-state index is -4.51. The van der Waals surface area contributed by atoms with Gasteiger partial charge in [-0.3, -0.25) is 4.90 Å². The van der Waals surface area contributed by atoms with Crippen LogP contribution in [0.3, 0.4) is 0 Å². The molecule has 1 aromatic carbocycles. The number of alkyl halides is 3. The fourth-order valence-corrected chi connectivity index (χ4v) is 4.57. The van der Waals surface area contributed by atoms with E-state index < -0.39 is 29.9 Å². The number of carbonyl (C=O) groups is 1. The monoisotopic (exact) mass is 488 g/mol. The number of amidine groups is 1. The molecular weight excluding hydrogens is 469 g/mol. The molecule has 0 saturated carbocycles. The molecule has 0 aliphatic carbocycles. The molecule has 0 bridgehead atoms. The number of ether oxygens (including phenoxy) is 1. The van der Waals surface area contributed by atoms with E-state index in [-0.39, 0.29) is 33.4 Å². The number of aliphatic imine (C=N–C) groups is 1. The van der Waals surface area contributed by atoms with Crippen molar-refractivity contribution in [1.29, 1.82) is 5.26 Å². The summed E-state index contributed by atoms with van der Waals surface area (Å²) in [6.07, 6.45) is -4.92. The Kier molecular flexibility index (Phi) is 5.95. The van der Waals surface area contributed by atoms with Crippen molar-refractivity contribution in [1.82, 2.24) is 4.90 Å². The second kappa shape index (κ2) is 8.61. The van der Waals surface area contributed by atoms with Crippen LogP contribution in [0.1, 0.15) is 38.1 Å². The lowest BCUT2D eigenvalue weighted by Gasteiger charge is -2.33. The zero-order valence-corrected chi connectivity index (χ0v) is 19.1. The second-order valence-electron chi connectivity index (χ2n) is 7.83. The first kappa shape index (κ1) is 23.5. The summed E-state index contributed by atoms with van der Waals surface area (Å²) in [6, 6.07) is 8.91. The number of benzene rings is 1. The molecular formula is C23H19F3N4O3S. The van der Waals surface area contributed by atoms with E-state index in [1.54, 1.807) is 26.8 Å². The van der Waals surface area contributed by atoms with E-state index in [0.717, 1.165) is 23.9 Å². The number of furan rings is 1. The van der Waals surface area contributed by atoms with Gasteiger partial charge in [-0.2, -0.15) is 18.4 Å². The molecule has 0 unspecified atom stereocenters. The molecule has 1 atom stereocenters. The zero-order chi connectivity index (χ0) is 24.8. The number of nitrogens with zero attached hydrogens (tertiary/aromatic N) is 3. The normalized spacial score (nSPS) is 18.2. The summed E-state index contributed by atoms with van der Waals surface area (Å²) < 4.78 is 50.9. The number of rotatable bonds is 4. The van der Waals surface area contributed by atoms with Gasteiger partial charge in [0.05, 0.1) is 22.9 Å². The van der Waals surface area contributed by atoms with Crippen molar-refractivity contribution in [3.8, 4) is 17.4 Å². The average Bonchev–Trinajstić information content (AvgIpc) is 3.36. The van der Waals surface area contributed by atoms with Gasteiger partial charge in [-0.05, 0) is 56.8 Å². The third-order valence-electron chi connectivity index (χ3n) is 5.11. The molecule has 2 aliphatic heterocycles. The number of carbonyl (C=O) groups excluding carboxylic acids is 1. The summed E-state index contributed by atoms with van der Waals surface area (Å²) >= 11 is 1.06. The van der Waals surface area contributed by atoms with Crippen LogP contribution in [0, 0.1) is 11.3 Å². The minimum Gasteiger partial charge on any atom is -0.459 e. The molecule has 4 rings (SSSR count). The van der Waals surface area contributed by atoms with E-state index in [0.29, 0.717) is 10.9 Å². The molecule has 3 heterocycles. The fraction of sp³-hybridized carbons (Fsp3) is 0.261. The van der Waals surface area contributed by atoms with Crippen LogP contribution in [0.5, 0.6) is 0 Å². The maximum Gasteiger partial charge on any atom is 0.416 e.